The highest BCUT2D eigenvalue weighted by molar-refractivity contribution is 9.10. The second-order valence-electron chi connectivity index (χ2n) is 4.84. The van der Waals surface area contributed by atoms with Crippen LogP contribution in [0.15, 0.2) is 53.0 Å². The molecule has 0 radical (unpaired) electrons. The highest BCUT2D eigenvalue weighted by Crippen LogP contribution is 2.24. The molecule has 0 aliphatic heterocycles. The van der Waals surface area contributed by atoms with E-state index < -0.39 is 0 Å². The van der Waals surface area contributed by atoms with Crippen molar-refractivity contribution in [1.29, 1.82) is 0 Å². The Morgan fingerprint density at radius 1 is 1.13 bits per heavy atom. The van der Waals surface area contributed by atoms with Crippen LogP contribution in [-0.2, 0) is 4.79 Å². The molecule has 2 aromatic rings. The summed E-state index contributed by atoms with van der Waals surface area (Å²) in [5, 5.41) is 2.66. The highest BCUT2D eigenvalue weighted by Gasteiger charge is 2.04. The molecule has 0 bridgehead atoms. The average molecular weight is 374 g/mol. The molecule has 1 amide bonds. The zero-order valence-electron chi connectivity index (χ0n) is 12.8. The first-order chi connectivity index (χ1) is 11.0. The number of hydrogen-bond donors (Lipinski definition) is 1. The Kier molecular flexibility index (Phi) is 5.71. The lowest BCUT2D eigenvalue weighted by Gasteiger charge is -2.05. The zero-order valence-corrected chi connectivity index (χ0v) is 14.4. The lowest BCUT2D eigenvalue weighted by Crippen LogP contribution is -2.05. The predicted molar refractivity (Wildman–Crippen MR) is 94.8 cm³/mol. The number of carbonyl (C=O) groups is 2. The van der Waals surface area contributed by atoms with E-state index in [2.05, 4.69) is 21.2 Å². The summed E-state index contributed by atoms with van der Waals surface area (Å²) in [5.74, 6) is 0.422. The fraction of sp³-hybridized carbons (Fsp3) is 0.111. The van der Waals surface area contributed by atoms with Gasteiger partial charge in [-0.2, -0.15) is 0 Å². The van der Waals surface area contributed by atoms with Crippen molar-refractivity contribution < 1.29 is 14.3 Å². The molecule has 0 fully saturated rings. The first kappa shape index (κ1) is 17.0. The molecule has 0 unspecified atom stereocenters. The standard InChI is InChI=1S/C18H16BrNO3/c1-12(21)20-16-7-3-13(4-8-16)17(22)9-5-14-11-15(19)6-10-18(14)23-2/h3-11H,1-2H3,(H,20,21)/b9-5+. The van der Waals surface area contributed by atoms with Gasteiger partial charge in [-0.1, -0.05) is 15.9 Å². The number of ether oxygens (including phenoxy) is 1. The second kappa shape index (κ2) is 7.74. The Labute approximate surface area is 143 Å². The van der Waals surface area contributed by atoms with Crippen molar-refractivity contribution in [2.45, 2.75) is 6.92 Å². The van der Waals surface area contributed by atoms with Gasteiger partial charge in [-0.3, -0.25) is 9.59 Å². The quantitative estimate of drug-likeness (QED) is 0.627. The molecule has 1 N–H and O–H groups in total. The molecule has 2 aromatic carbocycles. The third-order valence-corrected chi connectivity index (χ3v) is 3.59. The van der Waals surface area contributed by atoms with Crippen molar-refractivity contribution in [3.63, 3.8) is 0 Å². The fourth-order valence-corrected chi connectivity index (χ4v) is 2.40. The molecule has 0 saturated heterocycles. The first-order valence-electron chi connectivity index (χ1n) is 6.93. The van der Waals surface area contributed by atoms with Crippen LogP contribution in [0.1, 0.15) is 22.8 Å². The number of nitrogens with one attached hydrogen (secondary N) is 1. The summed E-state index contributed by atoms with van der Waals surface area (Å²) >= 11 is 3.40. The molecule has 2 rings (SSSR count). The Bertz CT molecular complexity index is 751. The van der Waals surface area contributed by atoms with E-state index in [4.69, 9.17) is 4.74 Å². The maximum atomic E-state index is 12.2. The zero-order chi connectivity index (χ0) is 16.8. The predicted octanol–water partition coefficient (Wildman–Crippen LogP) is 4.31. The number of ketones is 1. The van der Waals surface area contributed by atoms with E-state index in [-0.39, 0.29) is 11.7 Å². The van der Waals surface area contributed by atoms with Gasteiger partial charge in [0.1, 0.15) is 5.75 Å². The Morgan fingerprint density at radius 2 is 1.83 bits per heavy atom. The van der Waals surface area contributed by atoms with Crippen LogP contribution in [0.3, 0.4) is 0 Å². The van der Waals surface area contributed by atoms with Crippen molar-refractivity contribution in [3.8, 4) is 5.75 Å². The van der Waals surface area contributed by atoms with Crippen LogP contribution in [-0.4, -0.2) is 18.8 Å². The van der Waals surface area contributed by atoms with Crippen LogP contribution in [0, 0.1) is 0 Å². The SMILES string of the molecule is COc1ccc(Br)cc1/C=C/C(=O)c1ccc(NC(C)=O)cc1. The van der Waals surface area contributed by atoms with Gasteiger partial charge in [0, 0.05) is 28.2 Å². The summed E-state index contributed by atoms with van der Waals surface area (Å²) < 4.78 is 6.17. The number of rotatable bonds is 5. The van der Waals surface area contributed by atoms with Gasteiger partial charge in [0.15, 0.2) is 5.78 Å². The molecule has 4 nitrogen and oxygen atoms in total. The molecule has 0 aromatic heterocycles. The Balaban J connectivity index is 2.15. The van der Waals surface area contributed by atoms with Crippen LogP contribution in [0.5, 0.6) is 5.75 Å². The molecule has 0 atom stereocenters. The van der Waals surface area contributed by atoms with E-state index in [1.165, 1.54) is 13.0 Å². The largest absolute Gasteiger partial charge is 0.496 e. The Morgan fingerprint density at radius 3 is 2.43 bits per heavy atom. The third kappa shape index (κ3) is 4.79. The van der Waals surface area contributed by atoms with Crippen LogP contribution >= 0.6 is 15.9 Å². The van der Waals surface area contributed by atoms with Crippen molar-refractivity contribution >= 4 is 39.4 Å². The second-order valence-corrected chi connectivity index (χ2v) is 5.76. The minimum absolute atomic E-state index is 0.124. The molecular formula is C18H16BrNO3. The minimum atomic E-state index is -0.147. The highest BCUT2D eigenvalue weighted by atomic mass is 79.9. The minimum Gasteiger partial charge on any atom is -0.496 e. The molecule has 0 aliphatic rings. The van der Waals surface area contributed by atoms with Crippen molar-refractivity contribution in [1.82, 2.24) is 0 Å². The van der Waals surface area contributed by atoms with Gasteiger partial charge in [0.2, 0.25) is 5.91 Å². The number of carbonyl (C=O) groups excluding carboxylic acids is 2. The monoisotopic (exact) mass is 373 g/mol. The molecule has 0 heterocycles. The average Bonchev–Trinajstić information content (AvgIpc) is 2.53. The normalized spacial score (nSPS) is 10.6. The summed E-state index contributed by atoms with van der Waals surface area (Å²) in [4.78, 5) is 23.2. The number of halogens is 1. The number of methoxy groups -OCH3 is 1. The van der Waals surface area contributed by atoms with Crippen molar-refractivity contribution in [2.24, 2.45) is 0 Å². The van der Waals surface area contributed by atoms with Crippen molar-refractivity contribution in [2.75, 3.05) is 12.4 Å². The Hall–Kier alpha value is -2.40. The molecule has 5 heteroatoms. The van der Waals surface area contributed by atoms with Gasteiger partial charge >= 0.3 is 0 Å². The summed E-state index contributed by atoms with van der Waals surface area (Å²) in [5.41, 5.74) is 2.01. The van der Waals surface area contributed by atoms with E-state index >= 15 is 0 Å². The van der Waals surface area contributed by atoms with Crippen LogP contribution < -0.4 is 10.1 Å². The maximum absolute atomic E-state index is 12.2. The van der Waals surface area contributed by atoms with Gasteiger partial charge in [-0.15, -0.1) is 0 Å². The van der Waals surface area contributed by atoms with Crippen molar-refractivity contribution in [3.05, 3.63) is 64.1 Å². The van der Waals surface area contributed by atoms with Gasteiger partial charge in [0.25, 0.3) is 0 Å². The third-order valence-electron chi connectivity index (χ3n) is 3.10. The fourth-order valence-electron chi connectivity index (χ4n) is 2.02. The lowest BCUT2D eigenvalue weighted by atomic mass is 10.1. The number of benzene rings is 2. The molecule has 23 heavy (non-hydrogen) atoms. The van der Waals surface area contributed by atoms with E-state index in [0.29, 0.717) is 17.0 Å². The van der Waals surface area contributed by atoms with Crippen LogP contribution in [0.25, 0.3) is 6.08 Å². The summed E-state index contributed by atoms with van der Waals surface area (Å²) in [6.45, 7) is 1.44. The molecule has 0 spiro atoms. The van der Waals surface area contributed by atoms with Crippen LogP contribution in [0.4, 0.5) is 5.69 Å². The van der Waals surface area contributed by atoms with Gasteiger partial charge < -0.3 is 10.1 Å². The smallest absolute Gasteiger partial charge is 0.221 e. The molecule has 118 valence electrons. The van der Waals surface area contributed by atoms with E-state index in [0.717, 1.165) is 10.0 Å². The first-order valence-corrected chi connectivity index (χ1v) is 7.72. The van der Waals surface area contributed by atoms with E-state index in [1.54, 1.807) is 37.5 Å². The summed E-state index contributed by atoms with van der Waals surface area (Å²) in [6.07, 6.45) is 3.21. The van der Waals surface area contributed by atoms with Crippen LogP contribution in [0.2, 0.25) is 0 Å². The number of hydrogen-bond acceptors (Lipinski definition) is 3. The number of amides is 1. The topological polar surface area (TPSA) is 55.4 Å². The van der Waals surface area contributed by atoms with Gasteiger partial charge in [-0.25, -0.2) is 0 Å². The maximum Gasteiger partial charge on any atom is 0.221 e. The number of allylic oxidation sites excluding steroid dienone is 1. The summed E-state index contributed by atoms with van der Waals surface area (Å²) in [7, 11) is 1.59. The van der Waals surface area contributed by atoms with E-state index in [9.17, 15) is 9.59 Å². The lowest BCUT2D eigenvalue weighted by molar-refractivity contribution is -0.114. The van der Waals surface area contributed by atoms with Gasteiger partial charge in [0.05, 0.1) is 7.11 Å². The molecular weight excluding hydrogens is 358 g/mol. The summed E-state index contributed by atoms with van der Waals surface area (Å²) in [6, 6.07) is 12.3. The molecule has 0 saturated carbocycles. The molecule has 0 aliphatic carbocycles. The van der Waals surface area contributed by atoms with E-state index in [1.807, 2.05) is 18.2 Å². The number of anilines is 1. The van der Waals surface area contributed by atoms with Gasteiger partial charge in [-0.05, 0) is 54.6 Å².